The van der Waals surface area contributed by atoms with E-state index in [1.54, 1.807) is 0 Å². The normalized spacial score (nSPS) is 13.5. The molecule has 0 saturated heterocycles. The molecule has 5 aromatic rings. The summed E-state index contributed by atoms with van der Waals surface area (Å²) in [5, 5.41) is 4.21. The van der Waals surface area contributed by atoms with Crippen molar-refractivity contribution in [3.05, 3.63) is 163 Å². The first-order valence-electron chi connectivity index (χ1n) is 13.2. The topological polar surface area (TPSA) is 3.24 Å². The van der Waals surface area contributed by atoms with Gasteiger partial charge in [-0.05, 0) is 72.6 Å². The minimum absolute atomic E-state index is 0.698. The molecule has 184 valence electrons. The zero-order valence-electron chi connectivity index (χ0n) is 21.3. The highest BCUT2D eigenvalue weighted by Crippen LogP contribution is 2.49. The molecule has 0 bridgehead atoms. The summed E-state index contributed by atoms with van der Waals surface area (Å²) in [7, 11) is -0.698. The molecular formula is C36H30NP. The first-order chi connectivity index (χ1) is 18.9. The second-order valence-electron chi connectivity index (χ2n) is 9.32. The van der Waals surface area contributed by atoms with Gasteiger partial charge in [0.05, 0.1) is 5.69 Å². The molecule has 1 aliphatic rings. The minimum atomic E-state index is -0.698. The fourth-order valence-electron chi connectivity index (χ4n) is 5.14. The van der Waals surface area contributed by atoms with Crippen LogP contribution in [-0.4, -0.2) is 0 Å². The molecule has 1 atom stereocenters. The van der Waals surface area contributed by atoms with Gasteiger partial charge >= 0.3 is 0 Å². The Hall–Kier alpha value is -4.19. The van der Waals surface area contributed by atoms with Gasteiger partial charge in [0.25, 0.3) is 0 Å². The van der Waals surface area contributed by atoms with E-state index in [0.717, 1.165) is 24.2 Å². The lowest BCUT2D eigenvalue weighted by Gasteiger charge is -2.29. The molecule has 0 aromatic heterocycles. The molecule has 0 saturated carbocycles. The van der Waals surface area contributed by atoms with Crippen LogP contribution in [0.1, 0.15) is 12.8 Å². The second-order valence-corrected chi connectivity index (χ2v) is 11.5. The van der Waals surface area contributed by atoms with Crippen molar-refractivity contribution < 1.29 is 0 Å². The highest BCUT2D eigenvalue weighted by molar-refractivity contribution is 7.77. The summed E-state index contributed by atoms with van der Waals surface area (Å²) < 4.78 is 0. The maximum absolute atomic E-state index is 2.45. The van der Waals surface area contributed by atoms with Crippen LogP contribution in [0.2, 0.25) is 0 Å². The van der Waals surface area contributed by atoms with Crippen LogP contribution in [0.25, 0.3) is 11.1 Å². The Labute approximate surface area is 227 Å². The first-order valence-corrected chi connectivity index (χ1v) is 14.5. The van der Waals surface area contributed by atoms with Gasteiger partial charge in [0.2, 0.25) is 0 Å². The number of hydrogen-bond acceptors (Lipinski definition) is 1. The van der Waals surface area contributed by atoms with Crippen LogP contribution in [0.3, 0.4) is 0 Å². The van der Waals surface area contributed by atoms with E-state index in [9.17, 15) is 0 Å². The van der Waals surface area contributed by atoms with Gasteiger partial charge in [0.1, 0.15) is 0 Å². The summed E-state index contributed by atoms with van der Waals surface area (Å²) in [6.07, 6.45) is 9.35. The molecule has 1 aliphatic carbocycles. The van der Waals surface area contributed by atoms with E-state index < -0.39 is 7.92 Å². The third-order valence-electron chi connectivity index (χ3n) is 6.86. The first kappa shape index (κ1) is 24.2. The fraction of sp³-hybridized carbons (Fsp3) is 0.0556. The molecule has 0 heterocycles. The molecule has 0 amide bonds. The van der Waals surface area contributed by atoms with E-state index in [4.69, 9.17) is 0 Å². The number of para-hydroxylation sites is 3. The predicted octanol–water partition coefficient (Wildman–Crippen LogP) is 9.49. The second kappa shape index (κ2) is 11.5. The Morgan fingerprint density at radius 1 is 0.500 bits per heavy atom. The SMILES string of the molecule is C1=CC(P(c2ccccc2)c2ccccc2-c2ccccc2N(c2ccccc2)c2ccccc2)=CCC1. The average molecular weight is 508 g/mol. The van der Waals surface area contributed by atoms with E-state index in [2.05, 4.69) is 163 Å². The van der Waals surface area contributed by atoms with Crippen molar-refractivity contribution in [1.82, 2.24) is 0 Å². The van der Waals surface area contributed by atoms with Crippen LogP contribution >= 0.6 is 7.92 Å². The summed E-state index contributed by atoms with van der Waals surface area (Å²) in [4.78, 5) is 2.37. The molecule has 1 unspecified atom stereocenters. The maximum atomic E-state index is 2.45. The Balaban J connectivity index is 1.56. The number of benzene rings is 5. The van der Waals surface area contributed by atoms with Gasteiger partial charge in [-0.3, -0.25) is 0 Å². The van der Waals surface area contributed by atoms with Crippen molar-refractivity contribution >= 4 is 35.6 Å². The van der Waals surface area contributed by atoms with Gasteiger partial charge in [-0.25, -0.2) is 0 Å². The third-order valence-corrected chi connectivity index (χ3v) is 9.39. The molecule has 0 radical (unpaired) electrons. The van der Waals surface area contributed by atoms with E-state index in [0.29, 0.717) is 0 Å². The standard InChI is InChI=1S/C36H30NP/c1-5-17-29(18-6-1)37(30-19-7-2-8-20-30)35-27-15-13-25-33(35)34-26-14-16-28-36(34)38(31-21-9-3-10-22-31)32-23-11-4-12-24-32/h1-3,5-11,13-28H,4,12H2. The molecule has 0 spiro atoms. The van der Waals surface area contributed by atoms with E-state index in [1.165, 1.54) is 32.7 Å². The van der Waals surface area contributed by atoms with Gasteiger partial charge in [-0.2, -0.15) is 0 Å². The Bertz CT molecular complexity index is 1520. The van der Waals surface area contributed by atoms with Crippen LogP contribution in [0.4, 0.5) is 17.1 Å². The number of anilines is 3. The van der Waals surface area contributed by atoms with Gasteiger partial charge < -0.3 is 4.90 Å². The van der Waals surface area contributed by atoms with E-state index in [-0.39, 0.29) is 0 Å². The Kier molecular flexibility index (Phi) is 7.29. The van der Waals surface area contributed by atoms with Crippen LogP contribution < -0.4 is 15.5 Å². The van der Waals surface area contributed by atoms with Crippen molar-refractivity contribution in [2.24, 2.45) is 0 Å². The minimum Gasteiger partial charge on any atom is -0.310 e. The van der Waals surface area contributed by atoms with Crippen LogP contribution in [-0.2, 0) is 0 Å². The number of rotatable bonds is 7. The lowest BCUT2D eigenvalue weighted by Crippen LogP contribution is -2.17. The van der Waals surface area contributed by atoms with Crippen molar-refractivity contribution in [3.63, 3.8) is 0 Å². The molecule has 6 rings (SSSR count). The number of allylic oxidation sites excluding steroid dienone is 4. The molecule has 0 N–H and O–H groups in total. The van der Waals surface area contributed by atoms with Gasteiger partial charge in [-0.15, -0.1) is 0 Å². The van der Waals surface area contributed by atoms with Crippen LogP contribution in [0, 0.1) is 0 Å². The van der Waals surface area contributed by atoms with E-state index >= 15 is 0 Å². The van der Waals surface area contributed by atoms with E-state index in [1.807, 2.05) is 0 Å². The smallest absolute Gasteiger partial charge is 0.0540 e. The molecule has 0 aliphatic heterocycles. The molecule has 0 fully saturated rings. The van der Waals surface area contributed by atoms with Gasteiger partial charge in [-0.1, -0.05) is 127 Å². The molecule has 5 aromatic carbocycles. The highest BCUT2D eigenvalue weighted by atomic mass is 31.1. The summed E-state index contributed by atoms with van der Waals surface area (Å²) in [6, 6.07) is 50.2. The number of hydrogen-bond donors (Lipinski definition) is 0. The van der Waals surface area contributed by atoms with Gasteiger partial charge in [0.15, 0.2) is 0 Å². The Morgan fingerprint density at radius 2 is 1.05 bits per heavy atom. The third kappa shape index (κ3) is 4.99. The molecular weight excluding hydrogens is 477 g/mol. The van der Waals surface area contributed by atoms with Crippen LogP contribution in [0.5, 0.6) is 0 Å². The van der Waals surface area contributed by atoms with Crippen molar-refractivity contribution in [1.29, 1.82) is 0 Å². The quantitative estimate of drug-likeness (QED) is 0.198. The lowest BCUT2D eigenvalue weighted by atomic mass is 10.0. The van der Waals surface area contributed by atoms with Crippen molar-refractivity contribution in [2.75, 3.05) is 4.90 Å². The summed E-state index contributed by atoms with van der Waals surface area (Å²) in [5.74, 6) is 0. The highest BCUT2D eigenvalue weighted by Gasteiger charge is 2.24. The molecule has 38 heavy (non-hydrogen) atoms. The van der Waals surface area contributed by atoms with Crippen LogP contribution in [0.15, 0.2) is 163 Å². The van der Waals surface area contributed by atoms with Crippen molar-refractivity contribution in [3.8, 4) is 11.1 Å². The molecule has 1 nitrogen and oxygen atoms in total. The fourth-order valence-corrected chi connectivity index (χ4v) is 7.71. The summed E-state index contributed by atoms with van der Waals surface area (Å²) >= 11 is 0. The zero-order chi connectivity index (χ0) is 25.6. The predicted molar refractivity (Wildman–Crippen MR) is 166 cm³/mol. The zero-order valence-corrected chi connectivity index (χ0v) is 22.2. The maximum Gasteiger partial charge on any atom is 0.0540 e. The number of nitrogens with zero attached hydrogens (tertiary/aromatic N) is 1. The average Bonchev–Trinajstić information content (AvgIpc) is 3.00. The van der Waals surface area contributed by atoms with Gasteiger partial charge in [0, 0.05) is 16.9 Å². The molecule has 2 heteroatoms. The summed E-state index contributed by atoms with van der Waals surface area (Å²) in [6.45, 7) is 0. The van der Waals surface area contributed by atoms with Crippen molar-refractivity contribution in [2.45, 2.75) is 12.8 Å². The summed E-state index contributed by atoms with van der Waals surface area (Å²) in [5.41, 5.74) is 5.99. The largest absolute Gasteiger partial charge is 0.310 e. The Morgan fingerprint density at radius 3 is 1.68 bits per heavy atom. The lowest BCUT2D eigenvalue weighted by molar-refractivity contribution is 1.03. The monoisotopic (exact) mass is 507 g/mol.